The average molecular weight is 424 g/mol. The second-order valence-electron chi connectivity index (χ2n) is 7.72. The van der Waals surface area contributed by atoms with Crippen molar-refractivity contribution < 1.29 is 19.1 Å². The van der Waals surface area contributed by atoms with Crippen LogP contribution in [0.3, 0.4) is 0 Å². The fourth-order valence-electron chi connectivity index (χ4n) is 2.97. The van der Waals surface area contributed by atoms with Crippen LogP contribution in [0.1, 0.15) is 35.2 Å². The van der Waals surface area contributed by atoms with Gasteiger partial charge >= 0.3 is 0 Å². The molecule has 1 heterocycles. The summed E-state index contributed by atoms with van der Waals surface area (Å²) in [6, 6.07) is 13.7. The summed E-state index contributed by atoms with van der Waals surface area (Å²) in [6.45, 7) is 7.95. The van der Waals surface area contributed by atoms with Gasteiger partial charge in [0, 0.05) is 12.2 Å². The number of anilines is 2. The molecule has 7 heteroatoms. The minimum absolute atomic E-state index is 0.109. The van der Waals surface area contributed by atoms with E-state index in [1.54, 1.807) is 6.26 Å². The summed E-state index contributed by atoms with van der Waals surface area (Å²) in [4.78, 5) is 16.7. The molecule has 3 rings (SSSR count). The molecule has 0 saturated carbocycles. The Balaban J connectivity index is 1.45. The van der Waals surface area contributed by atoms with E-state index in [0.29, 0.717) is 11.8 Å². The van der Waals surface area contributed by atoms with E-state index in [2.05, 4.69) is 15.6 Å². The van der Waals surface area contributed by atoms with Crippen LogP contribution < -0.4 is 15.4 Å². The lowest BCUT2D eigenvalue weighted by Gasteiger charge is -2.17. The first-order valence-corrected chi connectivity index (χ1v) is 10.3. The largest absolute Gasteiger partial charge is 0.491 e. The molecule has 1 amide bonds. The molecule has 0 aliphatic rings. The number of ether oxygens (including phenoxy) is 1. The number of rotatable bonds is 9. The van der Waals surface area contributed by atoms with Crippen molar-refractivity contribution in [1.82, 2.24) is 10.3 Å². The van der Waals surface area contributed by atoms with E-state index >= 15 is 0 Å². The van der Waals surface area contributed by atoms with Crippen LogP contribution in [0.4, 0.5) is 11.7 Å². The number of amides is 1. The third-order valence-corrected chi connectivity index (χ3v) is 5.11. The average Bonchev–Trinajstić information content (AvgIpc) is 3.17. The van der Waals surface area contributed by atoms with Gasteiger partial charge in [-0.05, 0) is 68.7 Å². The summed E-state index contributed by atoms with van der Waals surface area (Å²) in [6.07, 6.45) is 0.776. The summed E-state index contributed by atoms with van der Waals surface area (Å²) >= 11 is 0. The van der Waals surface area contributed by atoms with Crippen molar-refractivity contribution in [3.8, 4) is 5.75 Å². The molecule has 2 aromatic carbocycles. The van der Waals surface area contributed by atoms with Gasteiger partial charge in [0.2, 0.25) is 5.91 Å². The lowest BCUT2D eigenvalue weighted by Crippen LogP contribution is -2.37. The zero-order valence-electron chi connectivity index (χ0n) is 18.3. The molecule has 2 atom stereocenters. The van der Waals surface area contributed by atoms with Gasteiger partial charge in [0.25, 0.3) is 6.01 Å². The molecule has 0 saturated heterocycles. The van der Waals surface area contributed by atoms with Crippen molar-refractivity contribution in [2.24, 2.45) is 0 Å². The third-order valence-electron chi connectivity index (χ3n) is 5.11. The highest BCUT2D eigenvalue weighted by atomic mass is 16.5. The Morgan fingerprint density at radius 3 is 2.52 bits per heavy atom. The van der Waals surface area contributed by atoms with E-state index in [-0.39, 0.29) is 25.0 Å². The molecule has 2 unspecified atom stereocenters. The maximum atomic E-state index is 12.5. The Bertz CT molecular complexity index is 1010. The molecule has 164 valence electrons. The van der Waals surface area contributed by atoms with Gasteiger partial charge in [-0.15, -0.1) is 0 Å². The van der Waals surface area contributed by atoms with Gasteiger partial charge in [0.15, 0.2) is 0 Å². The van der Waals surface area contributed by atoms with E-state index in [1.807, 2.05) is 70.2 Å². The maximum absolute atomic E-state index is 12.5. The number of aliphatic hydroxyl groups excluding tert-OH is 1. The SMILES string of the molecule is Cc1coc(Nc2ccc(C(C)C(=O)NCC(O)COc3ccc(C)c(C)c3)cc2)n1. The first-order chi connectivity index (χ1) is 14.8. The number of carbonyl (C=O) groups excluding carboxylic acids is 1. The van der Waals surface area contributed by atoms with Crippen molar-refractivity contribution in [2.75, 3.05) is 18.5 Å². The molecule has 1 aromatic heterocycles. The predicted octanol–water partition coefficient (Wildman–Crippen LogP) is 4.00. The van der Waals surface area contributed by atoms with Crippen LogP contribution in [0.15, 0.2) is 53.1 Å². The van der Waals surface area contributed by atoms with Gasteiger partial charge in [-0.1, -0.05) is 18.2 Å². The van der Waals surface area contributed by atoms with E-state index in [9.17, 15) is 9.90 Å². The number of nitrogens with zero attached hydrogens (tertiary/aromatic N) is 1. The van der Waals surface area contributed by atoms with E-state index < -0.39 is 6.10 Å². The maximum Gasteiger partial charge on any atom is 0.299 e. The van der Waals surface area contributed by atoms with Crippen LogP contribution in [0, 0.1) is 20.8 Å². The summed E-state index contributed by atoms with van der Waals surface area (Å²) in [5, 5.41) is 16.0. The van der Waals surface area contributed by atoms with Crippen molar-refractivity contribution >= 4 is 17.6 Å². The summed E-state index contributed by atoms with van der Waals surface area (Å²) in [5.74, 6) is 0.190. The van der Waals surface area contributed by atoms with Crippen LogP contribution in [0.25, 0.3) is 0 Å². The Hall–Kier alpha value is -3.32. The fraction of sp³-hybridized carbons (Fsp3) is 0.333. The van der Waals surface area contributed by atoms with Gasteiger partial charge in [-0.25, -0.2) is 0 Å². The highest BCUT2D eigenvalue weighted by Crippen LogP contribution is 2.21. The smallest absolute Gasteiger partial charge is 0.299 e. The van der Waals surface area contributed by atoms with Gasteiger partial charge in [0.1, 0.15) is 24.7 Å². The topological polar surface area (TPSA) is 96.6 Å². The number of oxazole rings is 1. The number of aryl methyl sites for hydroxylation is 3. The Morgan fingerprint density at radius 2 is 1.87 bits per heavy atom. The van der Waals surface area contributed by atoms with Crippen LogP contribution in [-0.4, -0.2) is 35.3 Å². The lowest BCUT2D eigenvalue weighted by atomic mass is 10.00. The molecule has 0 spiro atoms. The van der Waals surface area contributed by atoms with Crippen molar-refractivity contribution in [3.63, 3.8) is 0 Å². The summed E-state index contributed by atoms with van der Waals surface area (Å²) < 4.78 is 10.9. The second kappa shape index (κ2) is 10.1. The first-order valence-electron chi connectivity index (χ1n) is 10.3. The number of hydrogen-bond donors (Lipinski definition) is 3. The van der Waals surface area contributed by atoms with E-state index in [1.165, 1.54) is 5.56 Å². The molecule has 7 nitrogen and oxygen atoms in total. The van der Waals surface area contributed by atoms with E-state index in [0.717, 1.165) is 22.5 Å². The van der Waals surface area contributed by atoms with Crippen molar-refractivity contribution in [1.29, 1.82) is 0 Å². The van der Waals surface area contributed by atoms with E-state index in [4.69, 9.17) is 9.15 Å². The van der Waals surface area contributed by atoms with Crippen molar-refractivity contribution in [3.05, 3.63) is 71.1 Å². The zero-order valence-corrected chi connectivity index (χ0v) is 18.3. The van der Waals surface area contributed by atoms with Crippen LogP contribution >= 0.6 is 0 Å². The molecule has 0 aliphatic heterocycles. The summed E-state index contributed by atoms with van der Waals surface area (Å²) in [5.41, 5.74) is 4.80. The Labute approximate surface area is 182 Å². The zero-order chi connectivity index (χ0) is 22.4. The minimum Gasteiger partial charge on any atom is -0.491 e. The van der Waals surface area contributed by atoms with Crippen LogP contribution in [-0.2, 0) is 4.79 Å². The lowest BCUT2D eigenvalue weighted by molar-refractivity contribution is -0.122. The van der Waals surface area contributed by atoms with Crippen LogP contribution in [0.2, 0.25) is 0 Å². The number of aliphatic hydroxyl groups is 1. The minimum atomic E-state index is -0.798. The molecule has 3 aromatic rings. The molecular formula is C24H29N3O4. The summed E-state index contributed by atoms with van der Waals surface area (Å²) in [7, 11) is 0. The highest BCUT2D eigenvalue weighted by Gasteiger charge is 2.17. The molecule has 0 radical (unpaired) electrons. The first kappa shape index (κ1) is 22.4. The molecular weight excluding hydrogens is 394 g/mol. The van der Waals surface area contributed by atoms with Gasteiger partial charge in [-0.2, -0.15) is 4.98 Å². The molecule has 3 N–H and O–H groups in total. The standard InChI is InChI=1S/C24H29N3O4/c1-15-5-10-22(11-16(15)2)30-14-21(28)12-25-23(29)18(4)19-6-8-20(9-7-19)27-24-26-17(3)13-31-24/h5-11,13,18,21,28H,12,14H2,1-4H3,(H,25,29)(H,26,27). The third kappa shape index (κ3) is 6.33. The van der Waals surface area contributed by atoms with Gasteiger partial charge in [-0.3, -0.25) is 4.79 Å². The van der Waals surface area contributed by atoms with Crippen LogP contribution in [0.5, 0.6) is 5.75 Å². The molecule has 0 bridgehead atoms. The fourth-order valence-corrected chi connectivity index (χ4v) is 2.97. The molecule has 31 heavy (non-hydrogen) atoms. The number of nitrogens with one attached hydrogen (secondary N) is 2. The van der Waals surface area contributed by atoms with Gasteiger partial charge < -0.3 is 24.9 Å². The van der Waals surface area contributed by atoms with Gasteiger partial charge in [0.05, 0.1) is 11.6 Å². The molecule has 0 fully saturated rings. The normalized spacial score (nSPS) is 12.8. The highest BCUT2D eigenvalue weighted by molar-refractivity contribution is 5.83. The monoisotopic (exact) mass is 423 g/mol. The predicted molar refractivity (Wildman–Crippen MR) is 120 cm³/mol. The second-order valence-corrected chi connectivity index (χ2v) is 7.72. The Morgan fingerprint density at radius 1 is 1.13 bits per heavy atom. The number of hydrogen-bond acceptors (Lipinski definition) is 6. The number of benzene rings is 2. The number of aromatic nitrogens is 1. The number of carbonyl (C=O) groups is 1. The Kier molecular flexibility index (Phi) is 7.31. The quantitative estimate of drug-likeness (QED) is 0.481. The van der Waals surface area contributed by atoms with Crippen molar-refractivity contribution in [2.45, 2.75) is 39.7 Å². The molecule has 0 aliphatic carbocycles.